The average molecular weight is 411 g/mol. The number of hydrogen-bond donors (Lipinski definition) is 2. The molecule has 6 heteroatoms. The highest BCUT2D eigenvalue weighted by Gasteiger charge is 2.13. The van der Waals surface area contributed by atoms with Gasteiger partial charge in [-0.3, -0.25) is 4.79 Å². The van der Waals surface area contributed by atoms with Crippen LogP contribution in [0.1, 0.15) is 22.8 Å². The van der Waals surface area contributed by atoms with Crippen LogP contribution in [0.4, 0.5) is 0 Å². The molecule has 1 amide bonds. The van der Waals surface area contributed by atoms with Crippen molar-refractivity contribution < 1.29 is 14.6 Å². The molecular weight excluding hydrogens is 390 g/mol. The van der Waals surface area contributed by atoms with Gasteiger partial charge < -0.3 is 9.84 Å². The van der Waals surface area contributed by atoms with Crippen LogP contribution in [0.3, 0.4) is 0 Å². The molecule has 0 radical (unpaired) electrons. The lowest BCUT2D eigenvalue weighted by atomic mass is 10.0. The molecule has 154 valence electrons. The van der Waals surface area contributed by atoms with Gasteiger partial charge in [-0.05, 0) is 42.8 Å². The Hall–Kier alpha value is -4.19. The molecule has 0 spiro atoms. The fourth-order valence-electron chi connectivity index (χ4n) is 3.23. The average Bonchev–Trinajstić information content (AvgIpc) is 2.81. The summed E-state index contributed by atoms with van der Waals surface area (Å²) in [5.41, 5.74) is 6.14. The number of amides is 1. The molecule has 0 atom stereocenters. The quantitative estimate of drug-likeness (QED) is 0.354. The van der Waals surface area contributed by atoms with E-state index in [1.54, 1.807) is 18.2 Å². The highest BCUT2D eigenvalue weighted by Crippen LogP contribution is 2.26. The fourth-order valence-corrected chi connectivity index (χ4v) is 3.23. The summed E-state index contributed by atoms with van der Waals surface area (Å²) in [5, 5.41) is 14.6. The maximum atomic E-state index is 12.9. The number of phenols is 1. The summed E-state index contributed by atoms with van der Waals surface area (Å²) in [5.74, 6) is 0.0842. The van der Waals surface area contributed by atoms with E-state index >= 15 is 0 Å². The number of benzene rings is 3. The zero-order valence-electron chi connectivity index (χ0n) is 16.9. The number of fused-ring (bicyclic) bond motifs is 1. The second kappa shape index (κ2) is 9.09. The van der Waals surface area contributed by atoms with Gasteiger partial charge >= 0.3 is 0 Å². The second-order valence-corrected chi connectivity index (χ2v) is 6.80. The molecule has 3 aromatic carbocycles. The van der Waals surface area contributed by atoms with Crippen molar-refractivity contribution in [3.63, 3.8) is 0 Å². The van der Waals surface area contributed by atoms with E-state index in [-0.39, 0.29) is 11.7 Å². The van der Waals surface area contributed by atoms with E-state index in [0.717, 1.165) is 16.5 Å². The number of phenolic OH excluding ortho intramolecular Hbond substituents is 1. The number of aromatic nitrogens is 1. The number of rotatable bonds is 6. The van der Waals surface area contributed by atoms with E-state index in [1.807, 2.05) is 61.5 Å². The van der Waals surface area contributed by atoms with Crippen molar-refractivity contribution in [1.82, 2.24) is 10.4 Å². The number of hydrogen-bond acceptors (Lipinski definition) is 5. The number of pyridine rings is 1. The third-order valence-electron chi connectivity index (χ3n) is 4.69. The Labute approximate surface area is 179 Å². The molecule has 0 aliphatic heterocycles. The minimum atomic E-state index is -0.337. The van der Waals surface area contributed by atoms with Crippen LogP contribution in [0.25, 0.3) is 22.2 Å². The van der Waals surface area contributed by atoms with Crippen LogP contribution < -0.4 is 10.2 Å². The van der Waals surface area contributed by atoms with Gasteiger partial charge in [-0.1, -0.05) is 48.5 Å². The molecule has 0 aliphatic carbocycles. The Morgan fingerprint density at radius 2 is 1.84 bits per heavy atom. The highest BCUT2D eigenvalue weighted by molar-refractivity contribution is 6.07. The van der Waals surface area contributed by atoms with Crippen LogP contribution >= 0.6 is 0 Å². The molecular formula is C25H21N3O3. The molecule has 31 heavy (non-hydrogen) atoms. The Balaban J connectivity index is 1.62. The van der Waals surface area contributed by atoms with Gasteiger partial charge in [0.15, 0.2) is 11.5 Å². The number of carbonyl (C=O) groups is 1. The number of nitrogens with one attached hydrogen (secondary N) is 1. The minimum absolute atomic E-state index is 0.0553. The first-order chi connectivity index (χ1) is 15.2. The van der Waals surface area contributed by atoms with Crippen molar-refractivity contribution in [1.29, 1.82) is 0 Å². The maximum absolute atomic E-state index is 12.9. The predicted molar refractivity (Wildman–Crippen MR) is 122 cm³/mol. The van der Waals surface area contributed by atoms with Gasteiger partial charge in [-0.25, -0.2) is 10.4 Å². The Kier molecular flexibility index (Phi) is 5.89. The summed E-state index contributed by atoms with van der Waals surface area (Å²) < 4.78 is 5.37. The van der Waals surface area contributed by atoms with Crippen molar-refractivity contribution in [2.45, 2.75) is 6.92 Å². The molecule has 0 saturated heterocycles. The number of hydrazone groups is 1. The molecule has 4 aromatic rings. The number of carbonyl (C=O) groups excluding carboxylic acids is 1. The lowest BCUT2D eigenvalue weighted by Gasteiger charge is -2.09. The monoisotopic (exact) mass is 411 g/mol. The van der Waals surface area contributed by atoms with Gasteiger partial charge in [-0.2, -0.15) is 5.10 Å². The van der Waals surface area contributed by atoms with Crippen LogP contribution in [0.2, 0.25) is 0 Å². The number of nitrogens with zero attached hydrogens (tertiary/aromatic N) is 2. The molecule has 1 aromatic heterocycles. The molecule has 0 unspecified atom stereocenters. The summed E-state index contributed by atoms with van der Waals surface area (Å²) in [6, 6.07) is 23.9. The zero-order chi connectivity index (χ0) is 21.6. The van der Waals surface area contributed by atoms with Crippen molar-refractivity contribution in [3.05, 3.63) is 90.0 Å². The van der Waals surface area contributed by atoms with E-state index in [9.17, 15) is 9.90 Å². The third kappa shape index (κ3) is 4.53. The van der Waals surface area contributed by atoms with E-state index in [2.05, 4.69) is 10.5 Å². The summed E-state index contributed by atoms with van der Waals surface area (Å²) in [6.07, 6.45) is 1.50. The first-order valence-electron chi connectivity index (χ1n) is 9.90. The predicted octanol–water partition coefficient (Wildman–Crippen LogP) is 4.77. The Bertz CT molecular complexity index is 1250. The third-order valence-corrected chi connectivity index (χ3v) is 4.69. The highest BCUT2D eigenvalue weighted by atomic mass is 16.5. The maximum Gasteiger partial charge on any atom is 0.272 e. The summed E-state index contributed by atoms with van der Waals surface area (Å²) >= 11 is 0. The molecule has 0 fully saturated rings. The van der Waals surface area contributed by atoms with Crippen molar-refractivity contribution in [2.24, 2.45) is 5.10 Å². The van der Waals surface area contributed by atoms with Gasteiger partial charge in [-0.15, -0.1) is 0 Å². The SMILES string of the molecule is CCOc1cc(/C=N/NC(=O)c2cc(-c3ccccc3)nc3ccccc23)ccc1O. The molecule has 6 nitrogen and oxygen atoms in total. The van der Waals surface area contributed by atoms with E-state index in [1.165, 1.54) is 12.3 Å². The fraction of sp³-hybridized carbons (Fsp3) is 0.0800. The molecule has 0 bridgehead atoms. The van der Waals surface area contributed by atoms with E-state index in [0.29, 0.717) is 29.2 Å². The first kappa shape index (κ1) is 20.1. The number of aromatic hydroxyl groups is 1. The summed E-state index contributed by atoms with van der Waals surface area (Å²) in [7, 11) is 0. The zero-order valence-corrected chi connectivity index (χ0v) is 16.9. The number of ether oxygens (including phenoxy) is 1. The molecule has 4 rings (SSSR count). The lowest BCUT2D eigenvalue weighted by molar-refractivity contribution is 0.0956. The number of para-hydroxylation sites is 1. The summed E-state index contributed by atoms with van der Waals surface area (Å²) in [6.45, 7) is 2.27. The van der Waals surface area contributed by atoms with Crippen molar-refractivity contribution in [3.8, 4) is 22.8 Å². The van der Waals surface area contributed by atoms with Gasteiger partial charge in [0, 0.05) is 10.9 Å². The van der Waals surface area contributed by atoms with Crippen LogP contribution in [0.15, 0.2) is 84.0 Å². The van der Waals surface area contributed by atoms with Gasteiger partial charge in [0.05, 0.1) is 29.6 Å². The van der Waals surface area contributed by atoms with E-state index < -0.39 is 0 Å². The van der Waals surface area contributed by atoms with Gasteiger partial charge in [0.25, 0.3) is 5.91 Å². The van der Waals surface area contributed by atoms with E-state index in [4.69, 9.17) is 9.72 Å². The van der Waals surface area contributed by atoms with Crippen molar-refractivity contribution >= 4 is 23.0 Å². The van der Waals surface area contributed by atoms with Crippen LogP contribution in [-0.4, -0.2) is 28.8 Å². The van der Waals surface area contributed by atoms with Gasteiger partial charge in [0.2, 0.25) is 0 Å². The largest absolute Gasteiger partial charge is 0.504 e. The second-order valence-electron chi connectivity index (χ2n) is 6.80. The smallest absolute Gasteiger partial charge is 0.272 e. The standard InChI is InChI=1S/C25H21N3O3/c1-2-31-24-14-17(12-13-23(24)29)16-26-28-25(30)20-15-22(18-8-4-3-5-9-18)27-21-11-7-6-10-19(20)21/h3-16,29H,2H2,1H3,(H,28,30)/b26-16+. The van der Waals surface area contributed by atoms with Crippen molar-refractivity contribution in [2.75, 3.05) is 6.61 Å². The Morgan fingerprint density at radius 1 is 1.06 bits per heavy atom. The minimum Gasteiger partial charge on any atom is -0.504 e. The lowest BCUT2D eigenvalue weighted by Crippen LogP contribution is -2.18. The van der Waals surface area contributed by atoms with Crippen LogP contribution in [-0.2, 0) is 0 Å². The van der Waals surface area contributed by atoms with Gasteiger partial charge in [0.1, 0.15) is 0 Å². The molecule has 2 N–H and O–H groups in total. The molecule has 1 heterocycles. The first-order valence-corrected chi connectivity index (χ1v) is 9.90. The Morgan fingerprint density at radius 3 is 2.65 bits per heavy atom. The normalized spacial score (nSPS) is 11.0. The molecule has 0 aliphatic rings. The molecule has 0 saturated carbocycles. The van der Waals surface area contributed by atoms with Crippen LogP contribution in [0.5, 0.6) is 11.5 Å². The topological polar surface area (TPSA) is 83.8 Å². The van der Waals surface area contributed by atoms with Crippen LogP contribution in [0, 0.1) is 0 Å². The summed E-state index contributed by atoms with van der Waals surface area (Å²) in [4.78, 5) is 17.6.